The molecule has 7 nitrogen and oxygen atoms in total. The van der Waals surface area contributed by atoms with E-state index < -0.39 is 10.0 Å². The summed E-state index contributed by atoms with van der Waals surface area (Å²) in [6, 6.07) is 16.9. The largest absolute Gasteiger partial charge is 0.352 e. The lowest BCUT2D eigenvalue weighted by atomic mass is 9.87. The summed E-state index contributed by atoms with van der Waals surface area (Å²) < 4.78 is 29.5. The first-order chi connectivity index (χ1) is 16.0. The van der Waals surface area contributed by atoms with Crippen molar-refractivity contribution in [3.05, 3.63) is 82.7 Å². The van der Waals surface area contributed by atoms with E-state index in [-0.39, 0.29) is 29.2 Å². The fourth-order valence-corrected chi connectivity index (χ4v) is 4.72. The summed E-state index contributed by atoms with van der Waals surface area (Å²) in [6.45, 7) is 11.2. The minimum Gasteiger partial charge on any atom is -0.352 e. The molecule has 1 amide bonds. The molecule has 1 aromatic heterocycles. The summed E-state index contributed by atoms with van der Waals surface area (Å²) in [6.07, 6.45) is 0.0511. The molecule has 3 aromatic rings. The molecule has 2 N–H and O–H groups in total. The smallest absolute Gasteiger partial charge is 0.240 e. The molecule has 0 spiro atoms. The van der Waals surface area contributed by atoms with Gasteiger partial charge in [0, 0.05) is 30.8 Å². The quantitative estimate of drug-likeness (QED) is 0.485. The van der Waals surface area contributed by atoms with Gasteiger partial charge < -0.3 is 5.32 Å². The number of carbonyl (C=O) groups excluding carboxylic acids is 1. The second-order valence-corrected chi connectivity index (χ2v) is 11.3. The van der Waals surface area contributed by atoms with Crippen LogP contribution in [0.4, 0.5) is 0 Å². The van der Waals surface area contributed by atoms with Crippen molar-refractivity contribution in [1.82, 2.24) is 19.8 Å². The van der Waals surface area contributed by atoms with Crippen molar-refractivity contribution >= 4 is 15.9 Å². The molecule has 0 saturated carbocycles. The molecule has 0 fully saturated rings. The molecule has 2 aromatic carbocycles. The molecule has 3 rings (SSSR count). The third-order valence-electron chi connectivity index (χ3n) is 5.84. The standard InChI is InChI=1S/C26H34N4O3S/c1-19-24(20(2)30(29-19)18-21-9-7-6-8-10-21)17-27-25(31)15-16-28-34(32,33)23-13-11-22(12-14-23)26(3,4)5/h6-14,28H,15-18H2,1-5H3,(H,27,31). The molecule has 8 heteroatoms. The zero-order valence-electron chi connectivity index (χ0n) is 20.6. The molecule has 0 unspecified atom stereocenters. The molecule has 0 saturated heterocycles. The first-order valence-electron chi connectivity index (χ1n) is 11.4. The van der Waals surface area contributed by atoms with E-state index in [0.29, 0.717) is 13.1 Å². The van der Waals surface area contributed by atoms with E-state index in [2.05, 4.69) is 48.0 Å². The fraction of sp³-hybridized carbons (Fsp3) is 0.385. The zero-order valence-corrected chi connectivity index (χ0v) is 21.4. The fourth-order valence-electron chi connectivity index (χ4n) is 3.69. The minimum absolute atomic E-state index is 0.0282. The first-order valence-corrected chi connectivity index (χ1v) is 12.9. The van der Waals surface area contributed by atoms with Crippen molar-refractivity contribution in [2.24, 2.45) is 0 Å². The van der Waals surface area contributed by atoms with Gasteiger partial charge in [-0.2, -0.15) is 5.10 Å². The highest BCUT2D eigenvalue weighted by atomic mass is 32.2. The Morgan fingerprint density at radius 1 is 1.00 bits per heavy atom. The number of aromatic nitrogens is 2. The Hall–Kier alpha value is -2.97. The maximum absolute atomic E-state index is 12.5. The summed E-state index contributed by atoms with van der Waals surface area (Å²) >= 11 is 0. The van der Waals surface area contributed by atoms with Crippen molar-refractivity contribution in [1.29, 1.82) is 0 Å². The number of benzene rings is 2. The van der Waals surface area contributed by atoms with Gasteiger partial charge in [-0.15, -0.1) is 0 Å². The Bertz CT molecular complexity index is 1230. The van der Waals surface area contributed by atoms with Crippen LogP contribution in [0, 0.1) is 13.8 Å². The van der Waals surface area contributed by atoms with Gasteiger partial charge in [0.25, 0.3) is 0 Å². The highest BCUT2D eigenvalue weighted by Crippen LogP contribution is 2.23. The number of sulfonamides is 1. The van der Waals surface area contributed by atoms with Gasteiger partial charge in [0.15, 0.2) is 0 Å². The van der Waals surface area contributed by atoms with Gasteiger partial charge in [-0.1, -0.05) is 63.2 Å². The Labute approximate surface area is 202 Å². The molecule has 0 radical (unpaired) electrons. The lowest BCUT2D eigenvalue weighted by Crippen LogP contribution is -2.30. The topological polar surface area (TPSA) is 93.1 Å². The van der Waals surface area contributed by atoms with Gasteiger partial charge in [0.05, 0.1) is 17.1 Å². The van der Waals surface area contributed by atoms with Crippen molar-refractivity contribution < 1.29 is 13.2 Å². The second-order valence-electron chi connectivity index (χ2n) is 9.49. The Kier molecular flexibility index (Phi) is 7.94. The molecule has 0 atom stereocenters. The first kappa shape index (κ1) is 25.6. The van der Waals surface area contributed by atoms with Gasteiger partial charge in [-0.05, 0) is 42.5 Å². The van der Waals surface area contributed by atoms with Gasteiger partial charge >= 0.3 is 0 Å². The number of aryl methyl sites for hydroxylation is 1. The molecular weight excluding hydrogens is 448 g/mol. The molecule has 182 valence electrons. The van der Waals surface area contributed by atoms with Crippen LogP contribution in [-0.2, 0) is 33.3 Å². The van der Waals surface area contributed by atoms with Crippen LogP contribution in [-0.4, -0.2) is 30.7 Å². The number of amides is 1. The van der Waals surface area contributed by atoms with Crippen LogP contribution in [0.1, 0.15) is 55.3 Å². The van der Waals surface area contributed by atoms with E-state index in [4.69, 9.17) is 0 Å². The Morgan fingerprint density at radius 3 is 2.26 bits per heavy atom. The summed E-state index contributed by atoms with van der Waals surface area (Å²) in [5.41, 5.74) is 5.01. The lowest BCUT2D eigenvalue weighted by Gasteiger charge is -2.19. The van der Waals surface area contributed by atoms with Gasteiger partial charge in [0.1, 0.15) is 0 Å². The maximum Gasteiger partial charge on any atom is 0.240 e. The maximum atomic E-state index is 12.5. The average Bonchev–Trinajstić information content (AvgIpc) is 3.04. The molecule has 0 aliphatic heterocycles. The molecule has 0 bridgehead atoms. The minimum atomic E-state index is -3.67. The number of nitrogens with zero attached hydrogens (tertiary/aromatic N) is 2. The SMILES string of the molecule is Cc1nn(Cc2ccccc2)c(C)c1CNC(=O)CCNS(=O)(=O)c1ccc(C(C)(C)C)cc1. The molecule has 0 aliphatic rings. The van der Waals surface area contributed by atoms with Crippen LogP contribution >= 0.6 is 0 Å². The van der Waals surface area contributed by atoms with E-state index in [1.54, 1.807) is 12.1 Å². The predicted octanol–water partition coefficient (Wildman–Crippen LogP) is 3.83. The number of nitrogens with one attached hydrogen (secondary N) is 2. The van der Waals surface area contributed by atoms with Crippen molar-refractivity contribution in [3.8, 4) is 0 Å². The Morgan fingerprint density at radius 2 is 1.65 bits per heavy atom. The highest BCUT2D eigenvalue weighted by molar-refractivity contribution is 7.89. The number of rotatable bonds is 9. The monoisotopic (exact) mass is 482 g/mol. The van der Waals surface area contributed by atoms with Crippen LogP contribution in [0.2, 0.25) is 0 Å². The van der Waals surface area contributed by atoms with Crippen LogP contribution in [0.25, 0.3) is 0 Å². The predicted molar refractivity (Wildman–Crippen MR) is 134 cm³/mol. The number of hydrogen-bond donors (Lipinski definition) is 2. The van der Waals surface area contributed by atoms with E-state index in [1.807, 2.05) is 48.9 Å². The molecule has 0 aliphatic carbocycles. The van der Waals surface area contributed by atoms with Crippen molar-refractivity contribution in [2.45, 2.75) is 64.4 Å². The lowest BCUT2D eigenvalue weighted by molar-refractivity contribution is -0.121. The van der Waals surface area contributed by atoms with Crippen LogP contribution in [0.3, 0.4) is 0 Å². The van der Waals surface area contributed by atoms with Crippen LogP contribution < -0.4 is 10.0 Å². The van der Waals surface area contributed by atoms with Crippen LogP contribution in [0.5, 0.6) is 0 Å². The molecule has 34 heavy (non-hydrogen) atoms. The van der Waals surface area contributed by atoms with Gasteiger partial charge in [-0.3, -0.25) is 9.48 Å². The summed E-state index contributed by atoms with van der Waals surface area (Å²) in [4.78, 5) is 12.5. The van der Waals surface area contributed by atoms with Crippen molar-refractivity contribution in [3.63, 3.8) is 0 Å². The van der Waals surface area contributed by atoms with E-state index in [1.165, 1.54) is 0 Å². The van der Waals surface area contributed by atoms with Gasteiger partial charge in [0.2, 0.25) is 15.9 Å². The Balaban J connectivity index is 1.51. The molecular formula is C26H34N4O3S. The highest BCUT2D eigenvalue weighted by Gasteiger charge is 2.18. The molecule has 1 heterocycles. The third-order valence-corrected chi connectivity index (χ3v) is 7.32. The number of hydrogen-bond acceptors (Lipinski definition) is 4. The van der Waals surface area contributed by atoms with Gasteiger partial charge in [-0.25, -0.2) is 13.1 Å². The second kappa shape index (κ2) is 10.5. The van der Waals surface area contributed by atoms with Crippen LogP contribution in [0.15, 0.2) is 59.5 Å². The zero-order chi connectivity index (χ0) is 24.9. The summed E-state index contributed by atoms with van der Waals surface area (Å²) in [5, 5.41) is 7.49. The summed E-state index contributed by atoms with van der Waals surface area (Å²) in [5.74, 6) is -0.222. The normalized spacial score (nSPS) is 12.0. The number of carbonyl (C=O) groups is 1. The van der Waals surface area contributed by atoms with E-state index in [0.717, 1.165) is 28.1 Å². The average molecular weight is 483 g/mol. The van der Waals surface area contributed by atoms with Crippen molar-refractivity contribution in [2.75, 3.05) is 6.54 Å². The third kappa shape index (κ3) is 6.55. The summed E-state index contributed by atoms with van der Waals surface area (Å²) in [7, 11) is -3.67. The van der Waals surface area contributed by atoms with E-state index >= 15 is 0 Å². The van der Waals surface area contributed by atoms with E-state index in [9.17, 15) is 13.2 Å².